The topological polar surface area (TPSA) is 101 Å². The summed E-state index contributed by atoms with van der Waals surface area (Å²) in [6.45, 7) is 2.88. The lowest BCUT2D eigenvalue weighted by atomic mass is 10.0. The van der Waals surface area contributed by atoms with E-state index in [1.807, 2.05) is 4.90 Å². The maximum atomic E-state index is 15.2. The van der Waals surface area contributed by atoms with Gasteiger partial charge in [-0.25, -0.2) is 14.2 Å². The Morgan fingerprint density at radius 1 is 1.41 bits per heavy atom. The molecule has 27 heavy (non-hydrogen) atoms. The van der Waals surface area contributed by atoms with Crippen LogP contribution in [0, 0.1) is 5.82 Å². The van der Waals surface area contributed by atoms with Crippen LogP contribution in [0.3, 0.4) is 0 Å². The minimum atomic E-state index is -1.30. The van der Waals surface area contributed by atoms with Gasteiger partial charge in [0, 0.05) is 36.9 Å². The Kier molecular flexibility index (Phi) is 5.14. The monoisotopic (exact) mass is 396 g/mol. The number of aromatic nitrogens is 2. The smallest absolute Gasteiger partial charge is 0.341 e. The number of halogens is 2. The lowest BCUT2D eigenvalue weighted by Gasteiger charge is -2.21. The van der Waals surface area contributed by atoms with Gasteiger partial charge in [-0.15, -0.1) is 12.4 Å². The van der Waals surface area contributed by atoms with E-state index in [0.29, 0.717) is 18.7 Å². The van der Waals surface area contributed by atoms with Crippen LogP contribution in [0.15, 0.2) is 11.0 Å². The van der Waals surface area contributed by atoms with Crippen LogP contribution in [-0.4, -0.2) is 39.8 Å². The molecule has 0 radical (unpaired) electrons. The van der Waals surface area contributed by atoms with Crippen LogP contribution in [0.4, 0.5) is 10.2 Å². The van der Waals surface area contributed by atoms with Crippen molar-refractivity contribution < 1.29 is 14.3 Å². The van der Waals surface area contributed by atoms with E-state index in [1.54, 1.807) is 11.5 Å². The van der Waals surface area contributed by atoms with E-state index in [4.69, 9.17) is 5.73 Å². The average Bonchev–Trinajstić information content (AvgIpc) is 3.35. The molecule has 7 nitrogen and oxygen atoms in total. The fourth-order valence-electron chi connectivity index (χ4n) is 3.71. The Morgan fingerprint density at radius 3 is 2.63 bits per heavy atom. The second kappa shape index (κ2) is 7.09. The highest BCUT2D eigenvalue weighted by Crippen LogP contribution is 2.38. The Balaban J connectivity index is 0.00000210. The van der Waals surface area contributed by atoms with E-state index < -0.39 is 17.2 Å². The molecule has 9 heteroatoms. The molecular weight excluding hydrogens is 375 g/mol. The van der Waals surface area contributed by atoms with Crippen molar-refractivity contribution in [3.63, 3.8) is 0 Å². The van der Waals surface area contributed by atoms with Crippen molar-refractivity contribution in [2.75, 3.05) is 18.0 Å². The second-order valence-electron chi connectivity index (χ2n) is 7.09. The van der Waals surface area contributed by atoms with Gasteiger partial charge >= 0.3 is 5.97 Å². The number of nitrogens with zero attached hydrogens (tertiary/aromatic N) is 3. The number of carboxylic acids is 1. The predicted molar refractivity (Wildman–Crippen MR) is 103 cm³/mol. The second-order valence-corrected chi connectivity index (χ2v) is 7.09. The van der Waals surface area contributed by atoms with Crippen molar-refractivity contribution in [1.29, 1.82) is 0 Å². The van der Waals surface area contributed by atoms with Crippen LogP contribution in [0.2, 0.25) is 0 Å². The van der Waals surface area contributed by atoms with Gasteiger partial charge < -0.3 is 20.3 Å². The van der Waals surface area contributed by atoms with Crippen molar-refractivity contribution in [1.82, 2.24) is 9.55 Å². The van der Waals surface area contributed by atoms with Gasteiger partial charge in [0.1, 0.15) is 11.2 Å². The van der Waals surface area contributed by atoms with Crippen LogP contribution >= 0.6 is 12.4 Å². The highest BCUT2D eigenvalue weighted by atomic mass is 35.5. The van der Waals surface area contributed by atoms with Crippen LogP contribution in [0.1, 0.15) is 48.1 Å². The van der Waals surface area contributed by atoms with Gasteiger partial charge in [-0.1, -0.05) is 6.92 Å². The molecule has 0 aromatic carbocycles. The zero-order valence-corrected chi connectivity index (χ0v) is 15.8. The summed E-state index contributed by atoms with van der Waals surface area (Å²) in [5, 5.41) is 9.48. The summed E-state index contributed by atoms with van der Waals surface area (Å²) in [5.74, 6) is -1.64. The minimum absolute atomic E-state index is 0. The molecule has 1 atom stereocenters. The van der Waals surface area contributed by atoms with Gasteiger partial charge in [0.2, 0.25) is 5.43 Å². The lowest BCUT2D eigenvalue weighted by molar-refractivity contribution is 0.0695. The quantitative estimate of drug-likeness (QED) is 0.820. The molecule has 4 rings (SSSR count). The Bertz CT molecular complexity index is 973. The van der Waals surface area contributed by atoms with Crippen molar-refractivity contribution in [3.8, 4) is 0 Å². The Hall–Kier alpha value is -2.19. The number of hydrogen-bond donors (Lipinski definition) is 2. The van der Waals surface area contributed by atoms with Crippen molar-refractivity contribution in [2.24, 2.45) is 5.73 Å². The number of hydrogen-bond acceptors (Lipinski definition) is 5. The van der Waals surface area contributed by atoms with Crippen molar-refractivity contribution >= 4 is 35.2 Å². The van der Waals surface area contributed by atoms with Crippen LogP contribution < -0.4 is 16.1 Å². The first-order chi connectivity index (χ1) is 12.4. The molecule has 0 amide bonds. The number of fused-ring (bicyclic) bond motifs is 1. The number of carboxylic acid groups (broad SMARTS) is 1. The first kappa shape index (κ1) is 19.6. The number of nitrogens with two attached hydrogens (primary N) is 1. The molecule has 0 unspecified atom stereocenters. The molecule has 1 aliphatic heterocycles. The van der Waals surface area contributed by atoms with Crippen LogP contribution in [0.25, 0.3) is 11.0 Å². The molecule has 2 aliphatic rings. The summed E-state index contributed by atoms with van der Waals surface area (Å²) in [6, 6.07) is 0.0736. The maximum Gasteiger partial charge on any atom is 0.341 e. The van der Waals surface area contributed by atoms with Crippen molar-refractivity contribution in [2.45, 2.75) is 44.7 Å². The van der Waals surface area contributed by atoms with Gasteiger partial charge in [0.15, 0.2) is 11.6 Å². The number of carbonyl (C=O) groups is 1. The zero-order chi connectivity index (χ0) is 18.6. The molecule has 1 saturated heterocycles. The zero-order valence-electron chi connectivity index (χ0n) is 14.9. The maximum absolute atomic E-state index is 15.2. The number of rotatable bonds is 4. The number of anilines is 1. The number of aryl methyl sites for hydroxylation is 1. The third-order valence-corrected chi connectivity index (χ3v) is 5.23. The van der Waals surface area contributed by atoms with E-state index >= 15 is 4.39 Å². The molecular formula is C18H22ClFN4O3. The third-order valence-electron chi connectivity index (χ3n) is 5.23. The first-order valence-electron chi connectivity index (χ1n) is 8.93. The third kappa shape index (κ3) is 3.17. The number of aromatic carboxylic acids is 1. The predicted octanol–water partition coefficient (Wildman–Crippen LogP) is 2.09. The summed E-state index contributed by atoms with van der Waals surface area (Å²) in [6.07, 6.45) is 4.17. The molecule has 0 bridgehead atoms. The summed E-state index contributed by atoms with van der Waals surface area (Å²) in [5.41, 5.74) is 5.54. The van der Waals surface area contributed by atoms with Gasteiger partial charge in [0.25, 0.3) is 0 Å². The summed E-state index contributed by atoms with van der Waals surface area (Å²) in [4.78, 5) is 30.6. The molecule has 146 valence electrons. The van der Waals surface area contributed by atoms with E-state index in [0.717, 1.165) is 19.3 Å². The molecule has 3 N–H and O–H groups in total. The highest BCUT2D eigenvalue weighted by molar-refractivity contribution is 5.93. The molecule has 3 heterocycles. The van der Waals surface area contributed by atoms with E-state index in [1.165, 1.54) is 6.20 Å². The first-order valence-corrected chi connectivity index (χ1v) is 8.93. The minimum Gasteiger partial charge on any atom is -0.477 e. The van der Waals surface area contributed by atoms with Gasteiger partial charge in [-0.2, -0.15) is 0 Å². The molecule has 2 aromatic heterocycles. The van der Waals surface area contributed by atoms with E-state index in [-0.39, 0.29) is 53.2 Å². The normalized spacial score (nSPS) is 19.4. The summed E-state index contributed by atoms with van der Waals surface area (Å²) in [7, 11) is 0. The average molecular weight is 397 g/mol. The van der Waals surface area contributed by atoms with Crippen LogP contribution in [-0.2, 0) is 6.42 Å². The van der Waals surface area contributed by atoms with E-state index in [2.05, 4.69) is 4.98 Å². The highest BCUT2D eigenvalue weighted by Gasteiger charge is 2.31. The fraction of sp³-hybridized carbons (Fsp3) is 0.500. The SMILES string of the molecule is CCc1c(F)c(N2CC[C@H](N)C2)nc2c1c(=O)c(C(=O)O)cn2C1CC1.Cl. The van der Waals surface area contributed by atoms with Gasteiger partial charge in [0.05, 0.1) is 5.39 Å². The van der Waals surface area contributed by atoms with Crippen molar-refractivity contribution in [3.05, 3.63) is 33.4 Å². The Labute approximate surface area is 161 Å². The molecule has 2 fully saturated rings. The summed E-state index contributed by atoms with van der Waals surface area (Å²) < 4.78 is 16.9. The fourth-order valence-corrected chi connectivity index (χ4v) is 3.71. The number of pyridine rings is 2. The largest absolute Gasteiger partial charge is 0.477 e. The molecule has 1 aliphatic carbocycles. The molecule has 2 aromatic rings. The lowest BCUT2D eigenvalue weighted by Crippen LogP contribution is -2.29. The van der Waals surface area contributed by atoms with Crippen LogP contribution in [0.5, 0.6) is 0 Å². The van der Waals surface area contributed by atoms with E-state index in [9.17, 15) is 14.7 Å². The Morgan fingerprint density at radius 2 is 2.11 bits per heavy atom. The van der Waals surface area contributed by atoms with Gasteiger partial charge in [-0.3, -0.25) is 4.79 Å². The summed E-state index contributed by atoms with van der Waals surface area (Å²) >= 11 is 0. The molecule has 1 saturated carbocycles. The standard InChI is InChI=1S/C18H21FN4O3.ClH/c1-2-11-13-15(24)12(18(25)26)8-23(10-3-4-10)16(13)21-17(14(11)19)22-6-5-9(20)7-22;/h8-10H,2-7,20H2,1H3,(H,25,26);1H/t9-;/m0./s1. The van der Waals surface area contributed by atoms with Gasteiger partial charge in [-0.05, 0) is 25.7 Å². The molecule has 0 spiro atoms.